The van der Waals surface area contributed by atoms with Crippen LogP contribution in [-0.2, 0) is 6.54 Å². The molecule has 0 aliphatic heterocycles. The van der Waals surface area contributed by atoms with Gasteiger partial charge in [-0.3, -0.25) is 4.68 Å². The normalized spacial score (nSPS) is 12.4. The minimum Gasteiger partial charge on any atom is -0.493 e. The molecule has 0 aliphatic carbocycles. The summed E-state index contributed by atoms with van der Waals surface area (Å²) in [6.45, 7) is 4.69. The molecule has 1 N–H and O–H groups in total. The van der Waals surface area contributed by atoms with Crippen molar-refractivity contribution >= 4 is 0 Å². The number of aliphatic hydroxyl groups excluding tert-OH is 1. The van der Waals surface area contributed by atoms with Gasteiger partial charge in [-0.25, -0.2) is 0 Å². The van der Waals surface area contributed by atoms with E-state index >= 15 is 0 Å². The molecule has 1 atom stereocenters. The molecule has 0 radical (unpaired) electrons. The SMILES string of the molecule is CCn1ncc(OC)c1C(O)c1cccc(C)c1. The highest BCUT2D eigenvalue weighted by atomic mass is 16.5. The molecule has 0 saturated heterocycles. The average molecular weight is 246 g/mol. The predicted molar refractivity (Wildman–Crippen MR) is 69.7 cm³/mol. The quantitative estimate of drug-likeness (QED) is 0.900. The molecule has 96 valence electrons. The molecule has 0 aliphatic rings. The van der Waals surface area contributed by atoms with E-state index in [1.807, 2.05) is 38.1 Å². The van der Waals surface area contributed by atoms with E-state index in [0.29, 0.717) is 18.0 Å². The predicted octanol–water partition coefficient (Wildman–Crippen LogP) is 2.30. The molecule has 2 rings (SSSR count). The molecule has 1 aromatic carbocycles. The van der Waals surface area contributed by atoms with Gasteiger partial charge in [0.05, 0.1) is 13.3 Å². The zero-order valence-electron chi connectivity index (χ0n) is 10.9. The maximum Gasteiger partial charge on any atom is 0.163 e. The lowest BCUT2D eigenvalue weighted by molar-refractivity contribution is 0.202. The Morgan fingerprint density at radius 1 is 1.44 bits per heavy atom. The number of rotatable bonds is 4. The zero-order chi connectivity index (χ0) is 13.1. The van der Waals surface area contributed by atoms with Crippen LogP contribution in [0.25, 0.3) is 0 Å². The monoisotopic (exact) mass is 246 g/mol. The number of hydrogen-bond acceptors (Lipinski definition) is 3. The summed E-state index contributed by atoms with van der Waals surface area (Å²) in [5.41, 5.74) is 2.67. The molecule has 4 heteroatoms. The number of benzene rings is 1. The second-order valence-electron chi connectivity index (χ2n) is 4.23. The van der Waals surface area contributed by atoms with Gasteiger partial charge in [-0.1, -0.05) is 29.8 Å². The van der Waals surface area contributed by atoms with Gasteiger partial charge in [-0.2, -0.15) is 5.10 Å². The van der Waals surface area contributed by atoms with Crippen LogP contribution < -0.4 is 4.74 Å². The van der Waals surface area contributed by atoms with E-state index in [4.69, 9.17) is 4.74 Å². The number of aromatic nitrogens is 2. The van der Waals surface area contributed by atoms with Crippen molar-refractivity contribution < 1.29 is 9.84 Å². The second-order valence-corrected chi connectivity index (χ2v) is 4.23. The Kier molecular flexibility index (Phi) is 3.67. The number of nitrogens with zero attached hydrogens (tertiary/aromatic N) is 2. The molecule has 1 unspecified atom stereocenters. The summed E-state index contributed by atoms with van der Waals surface area (Å²) < 4.78 is 7.01. The highest BCUT2D eigenvalue weighted by Gasteiger charge is 2.20. The first kappa shape index (κ1) is 12.6. The van der Waals surface area contributed by atoms with Crippen LogP contribution in [0.1, 0.15) is 29.8 Å². The summed E-state index contributed by atoms with van der Waals surface area (Å²) in [6, 6.07) is 7.82. The van der Waals surface area contributed by atoms with E-state index in [2.05, 4.69) is 5.10 Å². The van der Waals surface area contributed by atoms with E-state index < -0.39 is 6.10 Å². The van der Waals surface area contributed by atoms with Crippen molar-refractivity contribution in [1.82, 2.24) is 9.78 Å². The Morgan fingerprint density at radius 3 is 2.83 bits per heavy atom. The maximum absolute atomic E-state index is 10.5. The minimum absolute atomic E-state index is 0.617. The van der Waals surface area contributed by atoms with Crippen LogP contribution in [0.3, 0.4) is 0 Å². The molecule has 0 amide bonds. The second kappa shape index (κ2) is 5.23. The number of aryl methyl sites for hydroxylation is 2. The van der Waals surface area contributed by atoms with Crippen LogP contribution >= 0.6 is 0 Å². The number of hydrogen-bond donors (Lipinski definition) is 1. The van der Waals surface area contributed by atoms with Gasteiger partial charge in [0.15, 0.2) is 5.75 Å². The molecule has 4 nitrogen and oxygen atoms in total. The molecule has 0 spiro atoms. The molecule has 0 bridgehead atoms. The van der Waals surface area contributed by atoms with E-state index in [1.54, 1.807) is 18.0 Å². The van der Waals surface area contributed by atoms with Crippen LogP contribution in [0.2, 0.25) is 0 Å². The third-order valence-electron chi connectivity index (χ3n) is 2.98. The Bertz CT molecular complexity index is 513. The van der Waals surface area contributed by atoms with Crippen molar-refractivity contribution in [3.05, 3.63) is 47.3 Å². The van der Waals surface area contributed by atoms with E-state index in [9.17, 15) is 5.11 Å². The Balaban J connectivity index is 2.44. The minimum atomic E-state index is -0.720. The van der Waals surface area contributed by atoms with E-state index in [0.717, 1.165) is 11.1 Å². The van der Waals surface area contributed by atoms with Crippen LogP contribution in [0.15, 0.2) is 30.5 Å². The third kappa shape index (κ3) is 2.24. The van der Waals surface area contributed by atoms with Gasteiger partial charge < -0.3 is 9.84 Å². The summed E-state index contributed by atoms with van der Waals surface area (Å²) in [6.07, 6.45) is 0.917. The fraction of sp³-hybridized carbons (Fsp3) is 0.357. The lowest BCUT2D eigenvalue weighted by Crippen LogP contribution is -2.10. The van der Waals surface area contributed by atoms with Crippen molar-refractivity contribution in [2.24, 2.45) is 0 Å². The molecule has 0 saturated carbocycles. The standard InChI is InChI=1S/C14H18N2O2/c1-4-16-13(12(18-3)9-15-16)14(17)11-7-5-6-10(2)8-11/h5-9,14,17H,4H2,1-3H3. The molecule has 18 heavy (non-hydrogen) atoms. The smallest absolute Gasteiger partial charge is 0.163 e. The van der Waals surface area contributed by atoms with Gasteiger partial charge in [-0.05, 0) is 19.4 Å². The van der Waals surface area contributed by atoms with Gasteiger partial charge >= 0.3 is 0 Å². The highest BCUT2D eigenvalue weighted by molar-refractivity contribution is 5.36. The van der Waals surface area contributed by atoms with Crippen molar-refractivity contribution in [1.29, 1.82) is 0 Å². The largest absolute Gasteiger partial charge is 0.493 e. The third-order valence-corrected chi connectivity index (χ3v) is 2.98. The summed E-state index contributed by atoms with van der Waals surface area (Å²) in [5, 5.41) is 14.7. The van der Waals surface area contributed by atoms with Gasteiger partial charge in [0.2, 0.25) is 0 Å². The first-order valence-corrected chi connectivity index (χ1v) is 6.01. The van der Waals surface area contributed by atoms with Crippen LogP contribution in [-0.4, -0.2) is 22.0 Å². The molecule has 1 aromatic heterocycles. The Morgan fingerprint density at radius 2 is 2.22 bits per heavy atom. The number of aliphatic hydroxyl groups is 1. The fourth-order valence-corrected chi connectivity index (χ4v) is 2.06. The Hall–Kier alpha value is -1.81. The van der Waals surface area contributed by atoms with Gasteiger partial charge in [0.25, 0.3) is 0 Å². The van der Waals surface area contributed by atoms with Crippen molar-refractivity contribution in [2.45, 2.75) is 26.5 Å². The Labute approximate surface area is 107 Å². The van der Waals surface area contributed by atoms with Gasteiger partial charge in [-0.15, -0.1) is 0 Å². The van der Waals surface area contributed by atoms with Crippen molar-refractivity contribution in [2.75, 3.05) is 7.11 Å². The van der Waals surface area contributed by atoms with E-state index in [-0.39, 0.29) is 0 Å². The lowest BCUT2D eigenvalue weighted by atomic mass is 10.0. The first-order chi connectivity index (χ1) is 8.67. The first-order valence-electron chi connectivity index (χ1n) is 6.01. The van der Waals surface area contributed by atoms with Crippen molar-refractivity contribution in [3.8, 4) is 5.75 Å². The highest BCUT2D eigenvalue weighted by Crippen LogP contribution is 2.30. The fourth-order valence-electron chi connectivity index (χ4n) is 2.06. The van der Waals surface area contributed by atoms with Crippen LogP contribution in [0.5, 0.6) is 5.75 Å². The summed E-state index contributed by atoms with van der Waals surface area (Å²) in [7, 11) is 1.59. The molecule has 1 heterocycles. The summed E-state index contributed by atoms with van der Waals surface area (Å²) in [4.78, 5) is 0. The zero-order valence-corrected chi connectivity index (χ0v) is 10.9. The van der Waals surface area contributed by atoms with Gasteiger partial charge in [0, 0.05) is 6.54 Å². The summed E-state index contributed by atoms with van der Waals surface area (Å²) >= 11 is 0. The maximum atomic E-state index is 10.5. The average Bonchev–Trinajstić information content (AvgIpc) is 2.80. The number of ether oxygens (including phenoxy) is 1. The summed E-state index contributed by atoms with van der Waals surface area (Å²) in [5.74, 6) is 0.617. The van der Waals surface area contributed by atoms with E-state index in [1.165, 1.54) is 0 Å². The molecular formula is C14H18N2O2. The topological polar surface area (TPSA) is 47.3 Å². The van der Waals surface area contributed by atoms with Crippen LogP contribution in [0, 0.1) is 6.92 Å². The molecule has 0 fully saturated rings. The lowest BCUT2D eigenvalue weighted by Gasteiger charge is -2.15. The van der Waals surface area contributed by atoms with Gasteiger partial charge in [0.1, 0.15) is 11.8 Å². The van der Waals surface area contributed by atoms with Crippen molar-refractivity contribution in [3.63, 3.8) is 0 Å². The number of methoxy groups -OCH3 is 1. The molecular weight excluding hydrogens is 228 g/mol. The van der Waals surface area contributed by atoms with Crippen LogP contribution in [0.4, 0.5) is 0 Å². The molecule has 2 aromatic rings.